The molecule has 14 heavy (non-hydrogen) atoms. The number of benzene rings is 1. The highest BCUT2D eigenvalue weighted by molar-refractivity contribution is 5.60. The summed E-state index contributed by atoms with van der Waals surface area (Å²) in [6.45, 7) is 0. The number of nitro groups is 1. The van der Waals surface area contributed by atoms with Gasteiger partial charge in [0.15, 0.2) is 4.92 Å². The third-order valence-electron chi connectivity index (χ3n) is 1.53. The molecular weight excluding hydrogens is 186 g/mol. The van der Waals surface area contributed by atoms with Crippen LogP contribution in [0.4, 0.5) is 0 Å². The number of nitrogens with zero attached hydrogens (tertiary/aromatic N) is 3. The summed E-state index contributed by atoms with van der Waals surface area (Å²) < 4.78 is 0. The molecule has 0 heterocycles. The Morgan fingerprint density at radius 2 is 2.00 bits per heavy atom. The first-order valence-corrected chi connectivity index (χ1v) is 3.65. The minimum Gasteiger partial charge on any atom is -0.496 e. The van der Waals surface area contributed by atoms with Gasteiger partial charge < -0.3 is 5.11 Å². The Kier molecular flexibility index (Phi) is 2.76. The molecule has 0 saturated carbocycles. The minimum atomic E-state index is -0.976. The first-order chi connectivity index (χ1) is 6.66. The Bertz CT molecular complexity index is 419. The summed E-state index contributed by atoms with van der Waals surface area (Å²) in [6, 6.07) is 7.81. The summed E-state index contributed by atoms with van der Waals surface area (Å²) >= 11 is 0. The van der Waals surface area contributed by atoms with Crippen LogP contribution in [0.1, 0.15) is 5.56 Å². The van der Waals surface area contributed by atoms with Gasteiger partial charge in [-0.15, -0.1) is 0 Å². The van der Waals surface area contributed by atoms with Gasteiger partial charge in [0.25, 0.3) is 10.7 Å². The van der Waals surface area contributed by atoms with Crippen molar-refractivity contribution in [2.75, 3.05) is 0 Å². The highest BCUT2D eigenvalue weighted by Crippen LogP contribution is 2.16. The summed E-state index contributed by atoms with van der Waals surface area (Å²) in [4.78, 5) is 11.7. The van der Waals surface area contributed by atoms with E-state index in [0.29, 0.717) is 0 Å². The standard InChI is InChI=1S/C8H5N3O3/c9-10-8(11(13)14)7(12)6-4-2-1-3-5-6/h1-5H/p+1/b8-7-. The van der Waals surface area contributed by atoms with Crippen molar-refractivity contribution in [2.45, 2.75) is 0 Å². The first-order valence-electron chi connectivity index (χ1n) is 3.65. The lowest BCUT2D eigenvalue weighted by Gasteiger charge is -1.91. The van der Waals surface area contributed by atoms with E-state index in [-0.39, 0.29) is 5.56 Å². The Hall–Kier alpha value is -2.42. The van der Waals surface area contributed by atoms with Crippen LogP contribution in [0.15, 0.2) is 36.2 Å². The van der Waals surface area contributed by atoms with Crippen molar-refractivity contribution < 1.29 is 10.0 Å². The zero-order valence-electron chi connectivity index (χ0n) is 6.99. The lowest BCUT2D eigenvalue weighted by molar-refractivity contribution is -0.419. The smallest absolute Gasteiger partial charge is 0.496 e. The van der Waals surface area contributed by atoms with Gasteiger partial charge in [0, 0.05) is 5.56 Å². The van der Waals surface area contributed by atoms with E-state index in [1.807, 2.05) is 0 Å². The lowest BCUT2D eigenvalue weighted by Crippen LogP contribution is -1.98. The van der Waals surface area contributed by atoms with E-state index < -0.39 is 16.5 Å². The topological polar surface area (TPSA) is 91.5 Å². The van der Waals surface area contributed by atoms with Gasteiger partial charge in [0.1, 0.15) is 0 Å². The van der Waals surface area contributed by atoms with Crippen LogP contribution >= 0.6 is 0 Å². The van der Waals surface area contributed by atoms with Gasteiger partial charge in [-0.05, 0) is 0 Å². The molecule has 0 radical (unpaired) electrons. The van der Waals surface area contributed by atoms with Crippen molar-refractivity contribution in [3.05, 3.63) is 56.8 Å². The maximum Gasteiger partial charge on any atom is 0.709 e. The molecule has 1 N–H and O–H groups in total. The van der Waals surface area contributed by atoms with E-state index in [1.54, 1.807) is 18.2 Å². The van der Waals surface area contributed by atoms with Crippen LogP contribution in [-0.4, -0.2) is 10.0 Å². The fraction of sp³-hybridized carbons (Fsp3) is 0. The molecule has 0 amide bonds. The normalized spacial score (nSPS) is 11.4. The van der Waals surface area contributed by atoms with Crippen molar-refractivity contribution in [1.29, 1.82) is 5.39 Å². The van der Waals surface area contributed by atoms with Gasteiger partial charge in [-0.1, -0.05) is 30.3 Å². The summed E-state index contributed by atoms with van der Waals surface area (Å²) in [5, 5.41) is 27.9. The monoisotopic (exact) mass is 192 g/mol. The SMILES string of the molecule is N#[N+]/C(=C(/O)c1ccccc1)[N+](=O)[O-]. The maximum atomic E-state index is 10.3. The molecule has 6 nitrogen and oxygen atoms in total. The fourth-order valence-electron chi connectivity index (χ4n) is 0.895. The van der Waals surface area contributed by atoms with Crippen molar-refractivity contribution in [1.82, 2.24) is 0 Å². The molecule has 0 bridgehead atoms. The van der Waals surface area contributed by atoms with E-state index in [1.165, 1.54) is 12.1 Å². The highest BCUT2D eigenvalue weighted by Gasteiger charge is 2.33. The lowest BCUT2D eigenvalue weighted by atomic mass is 10.2. The molecule has 0 aliphatic rings. The molecule has 1 aromatic carbocycles. The molecule has 1 aromatic rings. The second-order valence-corrected chi connectivity index (χ2v) is 2.40. The van der Waals surface area contributed by atoms with Crippen LogP contribution in [0.25, 0.3) is 10.7 Å². The molecule has 0 fully saturated rings. The third kappa shape index (κ3) is 1.84. The average molecular weight is 192 g/mol. The van der Waals surface area contributed by atoms with Crippen LogP contribution in [0.2, 0.25) is 0 Å². The van der Waals surface area contributed by atoms with Crippen LogP contribution in [-0.2, 0) is 0 Å². The fourth-order valence-corrected chi connectivity index (χ4v) is 0.895. The second-order valence-electron chi connectivity index (χ2n) is 2.40. The van der Waals surface area contributed by atoms with Crippen molar-refractivity contribution in [3.8, 4) is 0 Å². The summed E-state index contributed by atoms with van der Waals surface area (Å²) in [7, 11) is 0. The largest absolute Gasteiger partial charge is 0.709 e. The summed E-state index contributed by atoms with van der Waals surface area (Å²) in [6.07, 6.45) is 0. The highest BCUT2D eigenvalue weighted by atomic mass is 16.6. The van der Waals surface area contributed by atoms with Gasteiger partial charge >= 0.3 is 5.82 Å². The molecule has 0 atom stereocenters. The van der Waals surface area contributed by atoms with E-state index in [2.05, 4.69) is 4.98 Å². The van der Waals surface area contributed by atoms with Gasteiger partial charge in [-0.2, -0.15) is 0 Å². The average Bonchev–Trinajstić information content (AvgIpc) is 2.19. The number of aliphatic hydroxyl groups is 1. The van der Waals surface area contributed by atoms with Gasteiger partial charge in [-0.3, -0.25) is 10.1 Å². The summed E-state index contributed by atoms with van der Waals surface area (Å²) in [5.41, 5.74) is 0.219. The minimum absolute atomic E-state index is 0.219. The Morgan fingerprint density at radius 1 is 1.43 bits per heavy atom. The van der Waals surface area contributed by atoms with E-state index in [0.717, 1.165) is 0 Å². The molecule has 70 valence electrons. The number of aliphatic hydroxyl groups excluding tert-OH is 1. The van der Waals surface area contributed by atoms with Crippen LogP contribution in [0, 0.1) is 15.5 Å². The van der Waals surface area contributed by atoms with E-state index in [9.17, 15) is 15.2 Å². The molecular formula is C8H6N3O3+. The quantitative estimate of drug-likeness (QED) is 0.335. The summed E-state index contributed by atoms with van der Waals surface area (Å²) in [5.74, 6) is -1.64. The number of diazo groups is 1. The Labute approximate surface area is 78.9 Å². The Morgan fingerprint density at radius 3 is 2.43 bits per heavy atom. The number of rotatable bonds is 2. The molecule has 0 aliphatic heterocycles. The second kappa shape index (κ2) is 4.00. The predicted octanol–water partition coefficient (Wildman–Crippen LogP) is 2.00. The molecule has 6 heteroatoms. The molecule has 0 aromatic heterocycles. The Balaban J connectivity index is 3.23. The van der Waals surface area contributed by atoms with E-state index >= 15 is 0 Å². The first kappa shape index (κ1) is 9.67. The third-order valence-corrected chi connectivity index (χ3v) is 1.53. The van der Waals surface area contributed by atoms with Crippen molar-refractivity contribution in [2.24, 2.45) is 0 Å². The van der Waals surface area contributed by atoms with Crippen molar-refractivity contribution in [3.63, 3.8) is 0 Å². The number of hydrogen-bond acceptors (Lipinski definition) is 4. The van der Waals surface area contributed by atoms with Crippen LogP contribution in [0.3, 0.4) is 0 Å². The zero-order chi connectivity index (χ0) is 10.6. The van der Waals surface area contributed by atoms with Crippen LogP contribution < -0.4 is 0 Å². The molecule has 0 saturated heterocycles. The number of hydrogen-bond donors (Lipinski definition) is 1. The molecule has 0 unspecified atom stereocenters. The van der Waals surface area contributed by atoms with Gasteiger partial charge in [0.05, 0.1) is 0 Å². The van der Waals surface area contributed by atoms with Crippen molar-refractivity contribution >= 4 is 5.76 Å². The van der Waals surface area contributed by atoms with E-state index in [4.69, 9.17) is 5.39 Å². The van der Waals surface area contributed by atoms with Gasteiger partial charge in [-0.25, -0.2) is 0 Å². The van der Waals surface area contributed by atoms with Crippen LogP contribution in [0.5, 0.6) is 0 Å². The predicted molar refractivity (Wildman–Crippen MR) is 48.1 cm³/mol. The molecule has 0 aliphatic carbocycles. The molecule has 1 rings (SSSR count). The zero-order valence-corrected chi connectivity index (χ0v) is 6.99. The maximum absolute atomic E-state index is 10.3. The molecule has 0 spiro atoms. The van der Waals surface area contributed by atoms with Gasteiger partial charge in [0.2, 0.25) is 5.39 Å².